The summed E-state index contributed by atoms with van der Waals surface area (Å²) in [6.45, 7) is 6.98. The molecule has 2 heterocycles. The van der Waals surface area contributed by atoms with Crippen LogP contribution < -0.4 is 21.1 Å². The molecule has 9 rings (SSSR count). The molecular weight excluding hydrogens is 591 g/mol. The minimum atomic E-state index is -0.0853. The van der Waals surface area contributed by atoms with Gasteiger partial charge in [0.2, 0.25) is 0 Å². The molecule has 0 aromatic heterocycles. The highest BCUT2D eigenvalue weighted by molar-refractivity contribution is 6.73. The lowest BCUT2D eigenvalue weighted by atomic mass is 9.56. The van der Waals surface area contributed by atoms with E-state index in [9.17, 15) is 0 Å². The number of benzene rings is 7. The van der Waals surface area contributed by atoms with Crippen LogP contribution in [0, 0.1) is 6.92 Å². The van der Waals surface area contributed by atoms with Crippen molar-refractivity contribution >= 4 is 46.6 Å². The molecule has 0 unspecified atom stereocenters. The van der Waals surface area contributed by atoms with E-state index in [1.165, 1.54) is 78.1 Å². The van der Waals surface area contributed by atoms with E-state index in [1.54, 1.807) is 0 Å². The first-order valence-corrected chi connectivity index (χ1v) is 17.2. The lowest BCUT2D eigenvalue weighted by Gasteiger charge is -2.46. The lowest BCUT2D eigenvalue weighted by molar-refractivity contribution is 0.632. The van der Waals surface area contributed by atoms with Crippen molar-refractivity contribution in [2.45, 2.75) is 26.2 Å². The van der Waals surface area contributed by atoms with Crippen molar-refractivity contribution < 1.29 is 0 Å². The van der Waals surface area contributed by atoms with Crippen LogP contribution in [0.3, 0.4) is 0 Å². The number of nitrogens with one attached hydrogen (secondary N) is 1. The molecule has 0 saturated heterocycles. The van der Waals surface area contributed by atoms with Gasteiger partial charge in [-0.3, -0.25) is 0 Å². The molecule has 0 amide bonds. The summed E-state index contributed by atoms with van der Waals surface area (Å²) in [7, 11) is 0.876. The normalized spacial score (nSPS) is 13.5. The maximum Gasteiger partial charge on any atom is 0.198 e. The minimum absolute atomic E-state index is 0.0853. The smallest absolute Gasteiger partial charge is 0.198 e. The number of hydrogen-bond acceptors (Lipinski definition) is 2. The summed E-state index contributed by atoms with van der Waals surface area (Å²) < 4.78 is 0. The largest absolute Gasteiger partial charge is 0.355 e. The average molecular weight is 629 g/mol. The predicted molar refractivity (Wildman–Crippen MR) is 210 cm³/mol. The fourth-order valence-corrected chi connectivity index (χ4v) is 8.08. The first-order chi connectivity index (χ1) is 24.0. The van der Waals surface area contributed by atoms with E-state index in [2.05, 4.69) is 189 Å². The molecule has 234 valence electrons. The van der Waals surface area contributed by atoms with Crippen LogP contribution in [0.2, 0.25) is 0 Å². The van der Waals surface area contributed by atoms with E-state index >= 15 is 0 Å². The van der Waals surface area contributed by atoms with E-state index in [4.69, 9.17) is 0 Å². The molecule has 0 atom stereocenters. The average Bonchev–Trinajstić information content (AvgIpc) is 3.14. The van der Waals surface area contributed by atoms with Crippen LogP contribution in [-0.2, 0) is 5.41 Å². The lowest BCUT2D eigenvalue weighted by Crippen LogP contribution is -2.45. The van der Waals surface area contributed by atoms with E-state index in [-0.39, 0.29) is 5.41 Å². The van der Waals surface area contributed by atoms with Crippen molar-refractivity contribution in [1.29, 1.82) is 0 Å². The van der Waals surface area contributed by atoms with Gasteiger partial charge >= 0.3 is 0 Å². The quantitative estimate of drug-likeness (QED) is 0.191. The molecule has 0 aliphatic carbocycles. The molecule has 7 aromatic carbocycles. The van der Waals surface area contributed by atoms with Gasteiger partial charge in [-0.15, -0.1) is 0 Å². The fraction of sp³-hybridized carbons (Fsp3) is 0.0870. The molecule has 2 nitrogen and oxygen atoms in total. The fourth-order valence-electron chi connectivity index (χ4n) is 8.08. The predicted octanol–water partition coefficient (Wildman–Crippen LogP) is 10.5. The Morgan fingerprint density at radius 3 is 1.96 bits per heavy atom. The van der Waals surface area contributed by atoms with Gasteiger partial charge in [0.25, 0.3) is 0 Å². The molecule has 2 aliphatic rings. The summed E-state index contributed by atoms with van der Waals surface area (Å²) in [5, 5.41) is 3.86. The summed E-state index contributed by atoms with van der Waals surface area (Å²) in [6, 6.07) is 57.6. The number of para-hydroxylation sites is 2. The summed E-state index contributed by atoms with van der Waals surface area (Å²) in [4.78, 5) is 2.55. The molecule has 49 heavy (non-hydrogen) atoms. The number of fused-ring (bicyclic) bond motifs is 4. The van der Waals surface area contributed by atoms with Gasteiger partial charge in [-0.1, -0.05) is 141 Å². The van der Waals surface area contributed by atoms with Crippen molar-refractivity contribution in [2.75, 3.05) is 10.2 Å². The number of nitrogens with zero attached hydrogens (tertiary/aromatic N) is 1. The second-order valence-corrected chi connectivity index (χ2v) is 14.0. The molecule has 1 N–H and O–H groups in total. The highest BCUT2D eigenvalue weighted by Gasteiger charge is 2.41. The summed E-state index contributed by atoms with van der Waals surface area (Å²) in [5.41, 5.74) is 20.0. The summed E-state index contributed by atoms with van der Waals surface area (Å²) >= 11 is 0. The standard InChI is InChI=1S/C46H37BN2/c1-30-26-37(44-43(27-30)49-42-23-11-10-20-38(42)46(2,3)39-21-13-22-40(47-44)45(39)49)36-29-34(32-16-8-5-9-17-32)24-25-41(36)48-35-19-12-18-33(28-35)31-14-6-4-7-15-31/h4-29,47-48H,1-3H3. The van der Waals surface area contributed by atoms with Gasteiger partial charge in [0, 0.05) is 33.7 Å². The van der Waals surface area contributed by atoms with Crippen LogP contribution in [0.15, 0.2) is 158 Å². The summed E-state index contributed by atoms with van der Waals surface area (Å²) in [5.74, 6) is 0. The summed E-state index contributed by atoms with van der Waals surface area (Å²) in [6.07, 6.45) is 0. The highest BCUT2D eigenvalue weighted by atomic mass is 15.2. The molecule has 0 fully saturated rings. The van der Waals surface area contributed by atoms with E-state index in [0.29, 0.717) is 0 Å². The molecule has 0 bridgehead atoms. The van der Waals surface area contributed by atoms with E-state index in [0.717, 1.165) is 18.7 Å². The Kier molecular flexibility index (Phi) is 6.84. The van der Waals surface area contributed by atoms with Gasteiger partial charge in [0.05, 0.1) is 5.69 Å². The molecule has 7 aromatic rings. The maximum absolute atomic E-state index is 3.86. The molecule has 0 radical (unpaired) electrons. The van der Waals surface area contributed by atoms with Crippen LogP contribution in [0.25, 0.3) is 33.4 Å². The number of hydrogen-bond donors (Lipinski definition) is 1. The van der Waals surface area contributed by atoms with Crippen molar-refractivity contribution in [1.82, 2.24) is 0 Å². The van der Waals surface area contributed by atoms with Gasteiger partial charge in [0.1, 0.15) is 0 Å². The zero-order valence-corrected chi connectivity index (χ0v) is 28.2. The first-order valence-electron chi connectivity index (χ1n) is 17.2. The monoisotopic (exact) mass is 628 g/mol. The van der Waals surface area contributed by atoms with Crippen LogP contribution in [0.4, 0.5) is 28.4 Å². The second kappa shape index (κ2) is 11.4. The zero-order chi connectivity index (χ0) is 33.1. The van der Waals surface area contributed by atoms with Crippen molar-refractivity contribution in [2.24, 2.45) is 0 Å². The van der Waals surface area contributed by atoms with Crippen molar-refractivity contribution in [3.63, 3.8) is 0 Å². The Morgan fingerprint density at radius 1 is 0.531 bits per heavy atom. The van der Waals surface area contributed by atoms with E-state index in [1.807, 2.05) is 0 Å². The first kappa shape index (κ1) is 29.4. The van der Waals surface area contributed by atoms with Crippen LogP contribution in [0.1, 0.15) is 30.5 Å². The third-order valence-corrected chi connectivity index (χ3v) is 10.5. The zero-order valence-electron chi connectivity index (χ0n) is 28.2. The third-order valence-electron chi connectivity index (χ3n) is 10.5. The van der Waals surface area contributed by atoms with Gasteiger partial charge in [-0.05, 0) is 93.3 Å². The van der Waals surface area contributed by atoms with Gasteiger partial charge in [-0.25, -0.2) is 0 Å². The molecule has 0 spiro atoms. The Balaban J connectivity index is 1.25. The molecule has 0 saturated carbocycles. The van der Waals surface area contributed by atoms with Crippen LogP contribution >= 0.6 is 0 Å². The number of anilines is 5. The van der Waals surface area contributed by atoms with Gasteiger partial charge < -0.3 is 10.2 Å². The maximum atomic E-state index is 3.86. The van der Waals surface area contributed by atoms with Crippen LogP contribution in [-0.4, -0.2) is 7.28 Å². The molecular formula is C46H37BN2. The van der Waals surface area contributed by atoms with Crippen LogP contribution in [0.5, 0.6) is 0 Å². The second-order valence-electron chi connectivity index (χ2n) is 14.0. The Labute approximate surface area is 290 Å². The van der Waals surface area contributed by atoms with Crippen molar-refractivity contribution in [3.8, 4) is 33.4 Å². The Morgan fingerprint density at radius 2 is 1.18 bits per heavy atom. The molecule has 3 heteroatoms. The number of rotatable bonds is 5. The van der Waals surface area contributed by atoms with Gasteiger partial charge in [-0.2, -0.15) is 0 Å². The molecule has 2 aliphatic heterocycles. The third kappa shape index (κ3) is 4.88. The Hall–Kier alpha value is -5.80. The van der Waals surface area contributed by atoms with Crippen molar-refractivity contribution in [3.05, 3.63) is 174 Å². The minimum Gasteiger partial charge on any atom is -0.355 e. The highest BCUT2D eigenvalue weighted by Crippen LogP contribution is 2.52. The SMILES string of the molecule is Cc1cc(-c2cc(-c3ccccc3)ccc2Nc2cccc(-c3ccccc3)c2)c2c(c1)N1c3ccccc3C(C)(C)c3cccc(c31)B2. The topological polar surface area (TPSA) is 15.3 Å². The van der Waals surface area contributed by atoms with Gasteiger partial charge in [0.15, 0.2) is 7.28 Å². The van der Waals surface area contributed by atoms with E-state index < -0.39 is 0 Å². The Bertz CT molecular complexity index is 2380. The number of aryl methyl sites for hydroxylation is 1.